The molecule has 0 atom stereocenters. The highest BCUT2D eigenvalue weighted by Crippen LogP contribution is 2.27. The van der Waals surface area contributed by atoms with Crippen LogP contribution in [0.2, 0.25) is 0 Å². The van der Waals surface area contributed by atoms with Crippen molar-refractivity contribution in [1.29, 1.82) is 0 Å². The summed E-state index contributed by atoms with van der Waals surface area (Å²) in [6.45, 7) is 0.250. The second kappa shape index (κ2) is 6.61. The van der Waals surface area contributed by atoms with Gasteiger partial charge in [0.1, 0.15) is 17.1 Å². The first kappa shape index (κ1) is 13.9. The molecule has 0 saturated carbocycles. The quantitative estimate of drug-likeness (QED) is 0.850. The van der Waals surface area contributed by atoms with Crippen LogP contribution in [0.1, 0.15) is 15.9 Å². The van der Waals surface area contributed by atoms with Gasteiger partial charge in [-0.3, -0.25) is 0 Å². The molecule has 0 aliphatic heterocycles. The molecular formula is C16H16O4. The summed E-state index contributed by atoms with van der Waals surface area (Å²) in [4.78, 5) is 12.0. The summed E-state index contributed by atoms with van der Waals surface area (Å²) in [7, 11) is 1.44. The number of methoxy groups -OCH3 is 1. The fourth-order valence-corrected chi connectivity index (χ4v) is 1.87. The number of carbonyl (C=O) groups excluding carboxylic acids is 1. The Balaban J connectivity index is 1.99. The Hall–Kier alpha value is -2.49. The molecule has 2 aromatic rings. The minimum atomic E-state index is -0.587. The zero-order valence-corrected chi connectivity index (χ0v) is 11.2. The van der Waals surface area contributed by atoms with Crippen LogP contribution in [-0.2, 0) is 11.2 Å². The Morgan fingerprint density at radius 3 is 2.55 bits per heavy atom. The van der Waals surface area contributed by atoms with E-state index in [2.05, 4.69) is 0 Å². The van der Waals surface area contributed by atoms with Crippen molar-refractivity contribution in [1.82, 2.24) is 0 Å². The molecule has 4 heteroatoms. The second-order valence-corrected chi connectivity index (χ2v) is 4.23. The molecule has 0 bridgehead atoms. The molecule has 2 aromatic carbocycles. The van der Waals surface area contributed by atoms with Crippen molar-refractivity contribution in [2.75, 3.05) is 13.7 Å². The van der Waals surface area contributed by atoms with Crippen molar-refractivity contribution in [2.24, 2.45) is 0 Å². The molecule has 0 aromatic heterocycles. The van der Waals surface area contributed by atoms with Crippen molar-refractivity contribution in [3.05, 3.63) is 59.7 Å². The summed E-state index contributed by atoms with van der Waals surface area (Å²) in [5.74, 6) is -0.431. The van der Waals surface area contributed by atoms with E-state index in [1.807, 2.05) is 30.3 Å². The van der Waals surface area contributed by atoms with E-state index in [4.69, 9.17) is 9.47 Å². The predicted molar refractivity (Wildman–Crippen MR) is 75.1 cm³/mol. The number of rotatable bonds is 5. The van der Waals surface area contributed by atoms with Crippen molar-refractivity contribution in [3.8, 4) is 11.5 Å². The number of benzene rings is 2. The lowest BCUT2D eigenvalue weighted by Gasteiger charge is -2.10. The molecule has 0 unspecified atom stereocenters. The van der Waals surface area contributed by atoms with Crippen molar-refractivity contribution in [3.63, 3.8) is 0 Å². The van der Waals surface area contributed by atoms with E-state index in [1.165, 1.54) is 13.2 Å². The van der Waals surface area contributed by atoms with E-state index in [9.17, 15) is 9.90 Å². The average molecular weight is 272 g/mol. The largest absolute Gasteiger partial charge is 0.507 e. The van der Waals surface area contributed by atoms with Crippen molar-refractivity contribution >= 4 is 5.97 Å². The Kier molecular flexibility index (Phi) is 4.60. The summed E-state index contributed by atoms with van der Waals surface area (Å²) in [5, 5.41) is 9.73. The van der Waals surface area contributed by atoms with Gasteiger partial charge < -0.3 is 14.6 Å². The molecule has 0 spiro atoms. The minimum absolute atomic E-state index is 0.0584. The van der Waals surface area contributed by atoms with Gasteiger partial charge in [-0.1, -0.05) is 36.4 Å². The number of hydrogen-bond acceptors (Lipinski definition) is 4. The summed E-state index contributed by atoms with van der Waals surface area (Å²) in [6, 6.07) is 14.4. The van der Waals surface area contributed by atoms with Gasteiger partial charge in [-0.25, -0.2) is 4.79 Å². The number of phenols is 1. The van der Waals surface area contributed by atoms with Crippen LogP contribution in [0.25, 0.3) is 0 Å². The molecular weight excluding hydrogens is 256 g/mol. The topological polar surface area (TPSA) is 55.8 Å². The highest BCUT2D eigenvalue weighted by Gasteiger charge is 2.18. The maximum Gasteiger partial charge on any atom is 0.345 e. The Morgan fingerprint density at radius 2 is 1.85 bits per heavy atom. The molecule has 0 amide bonds. The number of esters is 1. The number of carbonyl (C=O) groups is 1. The van der Waals surface area contributed by atoms with Crippen LogP contribution in [0.15, 0.2) is 48.5 Å². The fourth-order valence-electron chi connectivity index (χ4n) is 1.87. The van der Waals surface area contributed by atoms with Gasteiger partial charge in [0.2, 0.25) is 0 Å². The lowest BCUT2D eigenvalue weighted by molar-refractivity contribution is 0.0502. The predicted octanol–water partition coefficient (Wildman–Crippen LogP) is 2.80. The van der Waals surface area contributed by atoms with E-state index in [1.54, 1.807) is 12.1 Å². The Morgan fingerprint density at radius 1 is 1.10 bits per heavy atom. The second-order valence-electron chi connectivity index (χ2n) is 4.23. The first-order valence-electron chi connectivity index (χ1n) is 6.29. The maximum atomic E-state index is 12.0. The smallest absolute Gasteiger partial charge is 0.345 e. The van der Waals surface area contributed by atoms with Gasteiger partial charge in [-0.15, -0.1) is 0 Å². The van der Waals surface area contributed by atoms with E-state index < -0.39 is 5.97 Å². The van der Waals surface area contributed by atoms with E-state index in [-0.39, 0.29) is 17.9 Å². The van der Waals surface area contributed by atoms with Gasteiger partial charge in [-0.2, -0.15) is 0 Å². The van der Waals surface area contributed by atoms with E-state index in [0.29, 0.717) is 12.2 Å². The van der Waals surface area contributed by atoms with Crippen LogP contribution in [0, 0.1) is 0 Å². The maximum absolute atomic E-state index is 12.0. The molecule has 0 saturated heterocycles. The van der Waals surface area contributed by atoms with E-state index in [0.717, 1.165) is 5.56 Å². The van der Waals surface area contributed by atoms with Crippen molar-refractivity contribution in [2.45, 2.75) is 6.42 Å². The minimum Gasteiger partial charge on any atom is -0.507 e. The van der Waals surface area contributed by atoms with Gasteiger partial charge in [0, 0.05) is 6.42 Å². The van der Waals surface area contributed by atoms with Crippen LogP contribution in [0.4, 0.5) is 0 Å². The average Bonchev–Trinajstić information content (AvgIpc) is 2.47. The summed E-state index contributed by atoms with van der Waals surface area (Å²) in [6.07, 6.45) is 0.627. The lowest BCUT2D eigenvalue weighted by Crippen LogP contribution is -2.10. The molecule has 0 radical (unpaired) electrons. The number of ether oxygens (including phenoxy) is 2. The standard InChI is InChI=1S/C16H16O4/c1-19-14-9-5-8-13(17)15(14)16(18)20-11-10-12-6-3-2-4-7-12/h2-9,17H,10-11H2,1H3. The molecule has 1 N–H and O–H groups in total. The van der Waals surface area contributed by atoms with Gasteiger partial charge in [-0.05, 0) is 17.7 Å². The molecule has 104 valence electrons. The molecule has 0 aliphatic rings. The SMILES string of the molecule is COc1cccc(O)c1C(=O)OCCc1ccccc1. The highest BCUT2D eigenvalue weighted by molar-refractivity contribution is 5.95. The van der Waals surface area contributed by atoms with Crippen LogP contribution in [0.5, 0.6) is 11.5 Å². The van der Waals surface area contributed by atoms with Crippen LogP contribution in [0.3, 0.4) is 0 Å². The summed E-state index contributed by atoms with van der Waals surface area (Å²) in [5.41, 5.74) is 1.15. The molecule has 4 nitrogen and oxygen atoms in total. The molecule has 20 heavy (non-hydrogen) atoms. The number of hydrogen-bond donors (Lipinski definition) is 1. The normalized spacial score (nSPS) is 10.1. The number of aromatic hydroxyl groups is 1. The Bertz CT molecular complexity index is 578. The fraction of sp³-hybridized carbons (Fsp3) is 0.188. The van der Waals surface area contributed by atoms with Crippen LogP contribution in [-0.4, -0.2) is 24.8 Å². The third kappa shape index (κ3) is 3.29. The van der Waals surface area contributed by atoms with Gasteiger partial charge in [0.25, 0.3) is 0 Å². The summed E-state index contributed by atoms with van der Waals surface area (Å²) < 4.78 is 10.2. The van der Waals surface area contributed by atoms with Gasteiger partial charge in [0.05, 0.1) is 13.7 Å². The van der Waals surface area contributed by atoms with Crippen molar-refractivity contribution < 1.29 is 19.4 Å². The van der Waals surface area contributed by atoms with Gasteiger partial charge in [0.15, 0.2) is 0 Å². The van der Waals surface area contributed by atoms with Gasteiger partial charge >= 0.3 is 5.97 Å². The first-order valence-corrected chi connectivity index (χ1v) is 6.29. The van der Waals surface area contributed by atoms with E-state index >= 15 is 0 Å². The highest BCUT2D eigenvalue weighted by atomic mass is 16.5. The molecule has 2 rings (SSSR count). The Labute approximate surface area is 117 Å². The summed E-state index contributed by atoms with van der Waals surface area (Å²) >= 11 is 0. The zero-order chi connectivity index (χ0) is 14.4. The first-order chi connectivity index (χ1) is 9.72. The molecule has 0 heterocycles. The third-order valence-corrected chi connectivity index (χ3v) is 2.89. The van der Waals surface area contributed by atoms with Crippen LogP contribution < -0.4 is 4.74 Å². The number of phenolic OH excluding ortho intramolecular Hbond substituents is 1. The molecule has 0 aliphatic carbocycles. The lowest BCUT2D eigenvalue weighted by atomic mass is 10.1. The third-order valence-electron chi connectivity index (χ3n) is 2.89. The molecule has 0 fully saturated rings. The zero-order valence-electron chi connectivity index (χ0n) is 11.2. The van der Waals surface area contributed by atoms with Crippen LogP contribution >= 0.6 is 0 Å². The monoisotopic (exact) mass is 272 g/mol.